The monoisotopic (exact) mass is 304 g/mol. The van der Waals surface area contributed by atoms with Gasteiger partial charge in [0.05, 0.1) is 30.4 Å². The molecule has 4 atom stereocenters. The molecule has 1 aromatic carbocycles. The molecule has 2 aliphatic rings. The molecule has 6 heteroatoms. The zero-order valence-electron chi connectivity index (χ0n) is 12.3. The first kappa shape index (κ1) is 14.8. The summed E-state index contributed by atoms with van der Waals surface area (Å²) in [5, 5.41) is 14.1. The molecule has 0 unspecified atom stereocenters. The molecule has 22 heavy (non-hydrogen) atoms. The molecular formula is C16H18NO5-. The Morgan fingerprint density at radius 1 is 1.27 bits per heavy atom. The second-order valence-corrected chi connectivity index (χ2v) is 5.58. The minimum absolute atomic E-state index is 0.341. The molecule has 2 aliphatic heterocycles. The minimum atomic E-state index is -1.22. The molecule has 3 rings (SSSR count). The topological polar surface area (TPSA) is 87.7 Å². The minimum Gasteiger partial charge on any atom is -0.550 e. The maximum atomic E-state index is 12.5. The summed E-state index contributed by atoms with van der Waals surface area (Å²) in [6, 6.07) is 7.08. The first-order valence-electron chi connectivity index (χ1n) is 7.50. The van der Waals surface area contributed by atoms with Crippen molar-refractivity contribution in [3.8, 4) is 5.75 Å². The fourth-order valence-electron chi connectivity index (χ4n) is 3.38. The number of anilines is 1. The Labute approximate surface area is 128 Å². The Kier molecular flexibility index (Phi) is 4.02. The van der Waals surface area contributed by atoms with Gasteiger partial charge in [-0.15, -0.1) is 0 Å². The molecule has 0 aliphatic carbocycles. The van der Waals surface area contributed by atoms with Crippen molar-refractivity contribution in [2.45, 2.75) is 32.0 Å². The third kappa shape index (κ3) is 2.54. The van der Waals surface area contributed by atoms with Gasteiger partial charge in [0.1, 0.15) is 5.75 Å². The number of carbonyl (C=O) groups is 2. The van der Waals surface area contributed by atoms with Gasteiger partial charge in [0.2, 0.25) is 5.91 Å². The third-order valence-electron chi connectivity index (χ3n) is 4.29. The molecule has 0 spiro atoms. The fraction of sp³-hybridized carbons (Fsp3) is 0.500. The highest BCUT2D eigenvalue weighted by molar-refractivity contribution is 5.97. The maximum Gasteiger partial charge on any atom is 0.230 e. The second-order valence-electron chi connectivity index (χ2n) is 5.58. The highest BCUT2D eigenvalue weighted by Gasteiger charge is 2.52. The summed E-state index contributed by atoms with van der Waals surface area (Å²) < 4.78 is 11.0. The maximum absolute atomic E-state index is 12.5. The van der Waals surface area contributed by atoms with Gasteiger partial charge in [-0.3, -0.25) is 4.79 Å². The number of ether oxygens (including phenoxy) is 2. The van der Waals surface area contributed by atoms with E-state index in [4.69, 9.17) is 9.47 Å². The van der Waals surface area contributed by atoms with Crippen molar-refractivity contribution in [1.29, 1.82) is 0 Å². The van der Waals surface area contributed by atoms with Crippen LogP contribution in [0.25, 0.3) is 0 Å². The Balaban J connectivity index is 1.78. The van der Waals surface area contributed by atoms with E-state index in [0.717, 1.165) is 0 Å². The lowest BCUT2D eigenvalue weighted by Gasteiger charge is -2.27. The van der Waals surface area contributed by atoms with Gasteiger partial charge in [0, 0.05) is 11.9 Å². The van der Waals surface area contributed by atoms with Gasteiger partial charge < -0.3 is 24.7 Å². The van der Waals surface area contributed by atoms with E-state index in [9.17, 15) is 14.7 Å². The summed E-state index contributed by atoms with van der Waals surface area (Å²) in [4.78, 5) is 23.9. The molecule has 118 valence electrons. The van der Waals surface area contributed by atoms with Crippen LogP contribution in [0.15, 0.2) is 24.3 Å². The molecule has 0 radical (unpaired) electrons. The van der Waals surface area contributed by atoms with Gasteiger partial charge in [0.15, 0.2) is 0 Å². The largest absolute Gasteiger partial charge is 0.550 e. The summed E-state index contributed by atoms with van der Waals surface area (Å²) >= 11 is 0. The van der Waals surface area contributed by atoms with Crippen molar-refractivity contribution in [1.82, 2.24) is 0 Å². The first-order valence-corrected chi connectivity index (χ1v) is 7.50. The van der Waals surface area contributed by atoms with Crippen LogP contribution < -0.4 is 15.2 Å². The predicted octanol–water partition coefficient (Wildman–Crippen LogP) is 0.567. The number of rotatable bonds is 5. The van der Waals surface area contributed by atoms with Gasteiger partial charge in [0.25, 0.3) is 0 Å². The third-order valence-corrected chi connectivity index (χ3v) is 4.29. The Hall–Kier alpha value is -2.08. The van der Waals surface area contributed by atoms with Crippen molar-refractivity contribution in [2.75, 3.05) is 11.9 Å². The van der Waals surface area contributed by atoms with Crippen molar-refractivity contribution < 1.29 is 24.2 Å². The molecule has 2 bridgehead atoms. The summed E-state index contributed by atoms with van der Waals surface area (Å²) in [5.41, 5.74) is 0.536. The molecule has 2 fully saturated rings. The molecule has 2 heterocycles. The van der Waals surface area contributed by atoms with E-state index in [-0.39, 0.29) is 12.0 Å². The summed E-state index contributed by atoms with van der Waals surface area (Å²) in [7, 11) is 0. The van der Waals surface area contributed by atoms with Crippen molar-refractivity contribution >= 4 is 17.6 Å². The zero-order chi connectivity index (χ0) is 15.7. The lowest BCUT2D eigenvalue weighted by Crippen LogP contribution is -2.46. The SMILES string of the molecule is CCOc1ccccc1NC(=O)[C@H]1[C@@H](C(=O)[O-])[C@@H]2CC[C@H]1O2. The van der Waals surface area contributed by atoms with Gasteiger partial charge in [-0.1, -0.05) is 12.1 Å². The molecule has 1 aromatic rings. The molecule has 2 saturated heterocycles. The van der Waals surface area contributed by atoms with Gasteiger partial charge in [-0.2, -0.15) is 0 Å². The smallest absolute Gasteiger partial charge is 0.230 e. The van der Waals surface area contributed by atoms with E-state index in [2.05, 4.69) is 5.32 Å². The Morgan fingerprint density at radius 2 is 1.95 bits per heavy atom. The van der Waals surface area contributed by atoms with Crippen molar-refractivity contribution in [2.24, 2.45) is 11.8 Å². The van der Waals surface area contributed by atoms with Crippen LogP contribution in [0.4, 0.5) is 5.69 Å². The molecule has 1 amide bonds. The molecule has 6 nitrogen and oxygen atoms in total. The predicted molar refractivity (Wildman–Crippen MR) is 76.1 cm³/mol. The Morgan fingerprint density at radius 3 is 2.64 bits per heavy atom. The van der Waals surface area contributed by atoms with Crippen LogP contribution in [-0.2, 0) is 14.3 Å². The fourth-order valence-corrected chi connectivity index (χ4v) is 3.38. The van der Waals surface area contributed by atoms with Gasteiger partial charge >= 0.3 is 0 Å². The van der Waals surface area contributed by atoms with Crippen molar-refractivity contribution in [3.63, 3.8) is 0 Å². The van der Waals surface area contributed by atoms with Crippen LogP contribution in [0.1, 0.15) is 19.8 Å². The quantitative estimate of drug-likeness (QED) is 0.859. The highest BCUT2D eigenvalue weighted by Crippen LogP contribution is 2.44. The van der Waals surface area contributed by atoms with E-state index in [1.807, 2.05) is 13.0 Å². The highest BCUT2D eigenvalue weighted by atomic mass is 16.5. The van der Waals surface area contributed by atoms with Crippen LogP contribution in [0.2, 0.25) is 0 Å². The van der Waals surface area contributed by atoms with Crippen LogP contribution in [0.3, 0.4) is 0 Å². The van der Waals surface area contributed by atoms with Crippen LogP contribution in [0, 0.1) is 11.8 Å². The number of carboxylic acids is 1. The van der Waals surface area contributed by atoms with Gasteiger partial charge in [-0.05, 0) is 31.9 Å². The molecule has 1 N–H and O–H groups in total. The Bertz CT molecular complexity index is 588. The van der Waals surface area contributed by atoms with E-state index in [0.29, 0.717) is 30.9 Å². The first-order chi connectivity index (χ1) is 10.6. The van der Waals surface area contributed by atoms with E-state index in [1.165, 1.54) is 0 Å². The number of hydrogen-bond acceptors (Lipinski definition) is 5. The van der Waals surface area contributed by atoms with Crippen LogP contribution in [0.5, 0.6) is 5.75 Å². The molecule has 0 aromatic heterocycles. The summed E-state index contributed by atoms with van der Waals surface area (Å²) in [6.45, 7) is 2.33. The summed E-state index contributed by atoms with van der Waals surface area (Å²) in [6.07, 6.45) is 0.627. The van der Waals surface area contributed by atoms with Crippen LogP contribution >= 0.6 is 0 Å². The average molecular weight is 304 g/mol. The summed E-state index contributed by atoms with van der Waals surface area (Å²) in [5.74, 6) is -2.59. The number of benzene rings is 1. The second kappa shape index (κ2) is 5.96. The number of fused-ring (bicyclic) bond motifs is 2. The number of hydrogen-bond donors (Lipinski definition) is 1. The number of carboxylic acid groups (broad SMARTS) is 1. The van der Waals surface area contributed by atoms with E-state index >= 15 is 0 Å². The van der Waals surface area contributed by atoms with Crippen LogP contribution in [-0.4, -0.2) is 30.7 Å². The molecular weight excluding hydrogens is 286 g/mol. The lowest BCUT2D eigenvalue weighted by atomic mass is 9.78. The normalized spacial score (nSPS) is 29.3. The van der Waals surface area contributed by atoms with Crippen molar-refractivity contribution in [3.05, 3.63) is 24.3 Å². The molecule has 0 saturated carbocycles. The van der Waals surface area contributed by atoms with E-state index < -0.39 is 23.9 Å². The number of nitrogens with one attached hydrogen (secondary N) is 1. The number of para-hydroxylation sites is 2. The number of aliphatic carboxylic acids is 1. The standard InChI is InChI=1S/C16H19NO5/c1-2-21-10-6-4-3-5-9(10)17-15(18)13-11-7-8-12(22-11)14(13)16(19)20/h3-6,11-14H,2,7-8H2,1H3,(H,17,18)(H,19,20)/p-1/t11-,12+,13-,14+/m1/s1. The lowest BCUT2D eigenvalue weighted by molar-refractivity contribution is -0.313. The number of carbonyl (C=O) groups excluding carboxylic acids is 2. The van der Waals surface area contributed by atoms with Gasteiger partial charge in [-0.25, -0.2) is 0 Å². The average Bonchev–Trinajstić information content (AvgIpc) is 3.10. The number of amides is 1. The zero-order valence-corrected chi connectivity index (χ0v) is 12.3. The van der Waals surface area contributed by atoms with E-state index in [1.54, 1.807) is 18.2 Å².